The first-order chi connectivity index (χ1) is 8.05. The lowest BCUT2D eigenvalue weighted by Gasteiger charge is -2.24. The number of ether oxygens (including phenoxy) is 1. The van der Waals surface area contributed by atoms with Crippen molar-refractivity contribution in [1.29, 1.82) is 0 Å². The molecule has 2 heterocycles. The molecular formula is C12H17N3OS. The van der Waals surface area contributed by atoms with Crippen LogP contribution >= 0.6 is 11.3 Å². The van der Waals surface area contributed by atoms with Gasteiger partial charge in [-0.1, -0.05) is 6.92 Å². The number of nitrogens with one attached hydrogen (secondary N) is 1. The van der Waals surface area contributed by atoms with E-state index in [1.54, 1.807) is 11.3 Å². The fourth-order valence-corrected chi connectivity index (χ4v) is 2.11. The Kier molecular flexibility index (Phi) is 3.19. The molecule has 0 fully saturated rings. The van der Waals surface area contributed by atoms with Crippen molar-refractivity contribution in [3.8, 4) is 5.88 Å². The molecule has 1 N–H and O–H groups in total. The normalized spacial score (nSPS) is 11.8. The van der Waals surface area contributed by atoms with Crippen LogP contribution < -0.4 is 10.1 Å². The topological polar surface area (TPSA) is 47.0 Å². The van der Waals surface area contributed by atoms with Gasteiger partial charge < -0.3 is 10.1 Å². The average molecular weight is 251 g/mol. The summed E-state index contributed by atoms with van der Waals surface area (Å²) in [6, 6.07) is 2.00. The molecule has 2 aromatic rings. The Labute approximate surface area is 105 Å². The molecule has 0 amide bonds. The van der Waals surface area contributed by atoms with Gasteiger partial charge in [0.2, 0.25) is 11.8 Å². The van der Waals surface area contributed by atoms with E-state index in [0.29, 0.717) is 11.8 Å². The van der Waals surface area contributed by atoms with Crippen LogP contribution in [0.1, 0.15) is 27.2 Å². The second-order valence-electron chi connectivity index (χ2n) is 4.46. The van der Waals surface area contributed by atoms with Crippen LogP contribution in [0.15, 0.2) is 11.4 Å². The van der Waals surface area contributed by atoms with E-state index in [4.69, 9.17) is 4.74 Å². The van der Waals surface area contributed by atoms with Crippen molar-refractivity contribution in [2.45, 2.75) is 32.8 Å². The molecule has 0 atom stereocenters. The number of anilines is 1. The standard InChI is InChI=1S/C12H17N3OS/c1-5-12(2,3)16-9-8-6-7-17-10(8)15-11(13-4)14-9/h6-7H,5H2,1-4H3,(H,13,14,15). The highest BCUT2D eigenvalue weighted by Crippen LogP contribution is 2.30. The number of hydrogen-bond acceptors (Lipinski definition) is 5. The highest BCUT2D eigenvalue weighted by atomic mass is 32.1. The largest absolute Gasteiger partial charge is 0.471 e. The first-order valence-corrected chi connectivity index (χ1v) is 6.55. The molecule has 0 radical (unpaired) electrons. The Morgan fingerprint density at radius 1 is 1.41 bits per heavy atom. The molecule has 0 aliphatic heterocycles. The van der Waals surface area contributed by atoms with E-state index >= 15 is 0 Å². The van der Waals surface area contributed by atoms with Crippen molar-refractivity contribution in [2.24, 2.45) is 0 Å². The quantitative estimate of drug-likeness (QED) is 0.905. The van der Waals surface area contributed by atoms with E-state index in [9.17, 15) is 0 Å². The molecule has 0 aromatic carbocycles. The van der Waals surface area contributed by atoms with Gasteiger partial charge in [-0.3, -0.25) is 0 Å². The summed E-state index contributed by atoms with van der Waals surface area (Å²) < 4.78 is 5.98. The summed E-state index contributed by atoms with van der Waals surface area (Å²) in [5.74, 6) is 1.26. The summed E-state index contributed by atoms with van der Waals surface area (Å²) >= 11 is 1.59. The third-order valence-electron chi connectivity index (χ3n) is 2.74. The number of fused-ring (bicyclic) bond motifs is 1. The molecule has 92 valence electrons. The zero-order chi connectivity index (χ0) is 12.5. The van der Waals surface area contributed by atoms with Crippen molar-refractivity contribution >= 4 is 27.5 Å². The van der Waals surface area contributed by atoms with Gasteiger partial charge in [-0.25, -0.2) is 4.98 Å². The number of nitrogens with zero attached hydrogens (tertiary/aromatic N) is 2. The highest BCUT2D eigenvalue weighted by Gasteiger charge is 2.20. The molecule has 4 nitrogen and oxygen atoms in total. The summed E-state index contributed by atoms with van der Waals surface area (Å²) in [6.45, 7) is 6.23. The Balaban J connectivity index is 2.47. The molecule has 2 rings (SSSR count). The second kappa shape index (κ2) is 4.49. The maximum absolute atomic E-state index is 5.98. The minimum Gasteiger partial charge on any atom is -0.471 e. The summed E-state index contributed by atoms with van der Waals surface area (Å²) in [5, 5.41) is 5.94. The number of aromatic nitrogens is 2. The molecule has 2 aromatic heterocycles. The predicted molar refractivity (Wildman–Crippen MR) is 72.0 cm³/mol. The maximum Gasteiger partial charge on any atom is 0.227 e. The van der Waals surface area contributed by atoms with Gasteiger partial charge in [0, 0.05) is 7.05 Å². The van der Waals surface area contributed by atoms with Crippen LogP contribution in [0.25, 0.3) is 10.2 Å². The molecule has 5 heteroatoms. The Morgan fingerprint density at radius 2 is 2.18 bits per heavy atom. The summed E-state index contributed by atoms with van der Waals surface area (Å²) in [6.07, 6.45) is 0.928. The van der Waals surface area contributed by atoms with Crippen LogP contribution in [0.5, 0.6) is 5.88 Å². The van der Waals surface area contributed by atoms with Gasteiger partial charge >= 0.3 is 0 Å². The van der Waals surface area contributed by atoms with Crippen LogP contribution in [0.2, 0.25) is 0 Å². The van der Waals surface area contributed by atoms with E-state index in [1.807, 2.05) is 18.5 Å². The Hall–Kier alpha value is -1.36. The second-order valence-corrected chi connectivity index (χ2v) is 5.35. The Morgan fingerprint density at radius 3 is 2.82 bits per heavy atom. The minimum absolute atomic E-state index is 0.214. The number of rotatable bonds is 4. The van der Waals surface area contributed by atoms with Gasteiger partial charge in [-0.05, 0) is 31.7 Å². The van der Waals surface area contributed by atoms with Crippen molar-refractivity contribution in [1.82, 2.24) is 9.97 Å². The van der Waals surface area contributed by atoms with Crippen molar-refractivity contribution in [3.05, 3.63) is 11.4 Å². The smallest absolute Gasteiger partial charge is 0.227 e. The molecule has 0 saturated heterocycles. The van der Waals surface area contributed by atoms with Crippen LogP contribution in [0.3, 0.4) is 0 Å². The molecule has 0 aliphatic carbocycles. The molecule has 0 unspecified atom stereocenters. The summed E-state index contributed by atoms with van der Waals surface area (Å²) in [4.78, 5) is 9.72. The highest BCUT2D eigenvalue weighted by molar-refractivity contribution is 7.16. The van der Waals surface area contributed by atoms with Crippen molar-refractivity contribution < 1.29 is 4.74 Å². The van der Waals surface area contributed by atoms with E-state index in [2.05, 4.69) is 36.1 Å². The minimum atomic E-state index is -0.214. The fraction of sp³-hybridized carbons (Fsp3) is 0.500. The lowest BCUT2D eigenvalue weighted by molar-refractivity contribution is 0.101. The van der Waals surface area contributed by atoms with Crippen molar-refractivity contribution in [3.63, 3.8) is 0 Å². The number of hydrogen-bond donors (Lipinski definition) is 1. The molecule has 0 aliphatic rings. The fourth-order valence-electron chi connectivity index (χ4n) is 1.35. The van der Waals surface area contributed by atoms with Crippen LogP contribution in [-0.2, 0) is 0 Å². The monoisotopic (exact) mass is 251 g/mol. The van der Waals surface area contributed by atoms with E-state index in [-0.39, 0.29) is 5.60 Å². The van der Waals surface area contributed by atoms with Crippen molar-refractivity contribution in [2.75, 3.05) is 12.4 Å². The maximum atomic E-state index is 5.98. The zero-order valence-corrected chi connectivity index (χ0v) is 11.4. The van der Waals surface area contributed by atoms with Gasteiger partial charge in [0.15, 0.2) is 0 Å². The summed E-state index contributed by atoms with van der Waals surface area (Å²) in [5.41, 5.74) is -0.214. The van der Waals surface area contributed by atoms with Gasteiger partial charge in [0.05, 0.1) is 5.39 Å². The van der Waals surface area contributed by atoms with Crippen LogP contribution in [-0.4, -0.2) is 22.6 Å². The first kappa shape index (κ1) is 12.1. The van der Waals surface area contributed by atoms with Gasteiger partial charge in [0.1, 0.15) is 10.4 Å². The summed E-state index contributed by atoms with van der Waals surface area (Å²) in [7, 11) is 1.81. The predicted octanol–water partition coefficient (Wildman–Crippen LogP) is 3.30. The molecule has 17 heavy (non-hydrogen) atoms. The third kappa shape index (κ3) is 2.49. The third-order valence-corrected chi connectivity index (χ3v) is 3.54. The first-order valence-electron chi connectivity index (χ1n) is 5.68. The SMILES string of the molecule is CCC(C)(C)Oc1nc(NC)nc2sccc12. The number of thiophene rings is 1. The lowest BCUT2D eigenvalue weighted by Crippen LogP contribution is -2.27. The molecular weight excluding hydrogens is 234 g/mol. The average Bonchev–Trinajstić information content (AvgIpc) is 2.76. The molecule has 0 spiro atoms. The lowest BCUT2D eigenvalue weighted by atomic mass is 10.1. The molecule has 0 saturated carbocycles. The zero-order valence-electron chi connectivity index (χ0n) is 10.6. The van der Waals surface area contributed by atoms with Gasteiger partial charge in [0.25, 0.3) is 0 Å². The van der Waals surface area contributed by atoms with E-state index in [1.165, 1.54) is 0 Å². The molecule has 0 bridgehead atoms. The van der Waals surface area contributed by atoms with Crippen LogP contribution in [0, 0.1) is 0 Å². The van der Waals surface area contributed by atoms with E-state index in [0.717, 1.165) is 16.6 Å². The van der Waals surface area contributed by atoms with Gasteiger partial charge in [-0.2, -0.15) is 4.98 Å². The van der Waals surface area contributed by atoms with Gasteiger partial charge in [-0.15, -0.1) is 11.3 Å². The van der Waals surface area contributed by atoms with Crippen LogP contribution in [0.4, 0.5) is 5.95 Å². The van der Waals surface area contributed by atoms with E-state index < -0.39 is 0 Å². The Bertz CT molecular complexity index is 521.